The van der Waals surface area contributed by atoms with Crippen molar-refractivity contribution in [3.63, 3.8) is 0 Å². The Morgan fingerprint density at radius 3 is 2.71 bits per heavy atom. The minimum atomic E-state index is 0.660. The first-order valence-corrected chi connectivity index (χ1v) is 8.71. The molecule has 2 unspecified atom stereocenters. The van der Waals surface area contributed by atoms with Crippen molar-refractivity contribution < 1.29 is 9.47 Å². The summed E-state index contributed by atoms with van der Waals surface area (Å²) in [5.41, 5.74) is 0. The highest BCUT2D eigenvalue weighted by Crippen LogP contribution is 2.16. The van der Waals surface area contributed by atoms with Gasteiger partial charge in [-0.15, -0.1) is 0 Å². The maximum atomic E-state index is 5.58. The molecule has 1 saturated heterocycles. The van der Waals surface area contributed by atoms with Gasteiger partial charge in [0.1, 0.15) is 0 Å². The number of hydrogen-bond acceptors (Lipinski definition) is 4. The Morgan fingerprint density at radius 2 is 2.05 bits per heavy atom. The predicted molar refractivity (Wildman–Crippen MR) is 88.8 cm³/mol. The third kappa shape index (κ3) is 8.15. The molecule has 0 aromatic rings. The van der Waals surface area contributed by atoms with E-state index in [1.54, 1.807) is 7.11 Å². The van der Waals surface area contributed by atoms with Crippen LogP contribution >= 0.6 is 0 Å². The molecular formula is C17H36N2O2. The molecule has 126 valence electrons. The van der Waals surface area contributed by atoms with Crippen LogP contribution in [0.25, 0.3) is 0 Å². The average Bonchev–Trinajstić information content (AvgIpc) is 2.44. The number of hydrogen-bond donors (Lipinski definition) is 1. The highest BCUT2D eigenvalue weighted by Gasteiger charge is 2.26. The van der Waals surface area contributed by atoms with Gasteiger partial charge in [-0.05, 0) is 25.2 Å². The van der Waals surface area contributed by atoms with Crippen LogP contribution in [0, 0.1) is 5.92 Å². The summed E-state index contributed by atoms with van der Waals surface area (Å²) in [5, 5.41) is 3.74. The van der Waals surface area contributed by atoms with Gasteiger partial charge in [0.25, 0.3) is 0 Å². The van der Waals surface area contributed by atoms with Gasteiger partial charge in [0.2, 0.25) is 0 Å². The molecule has 0 amide bonds. The van der Waals surface area contributed by atoms with Crippen LogP contribution in [-0.2, 0) is 9.47 Å². The van der Waals surface area contributed by atoms with E-state index in [0.717, 1.165) is 32.0 Å². The SMILES string of the molecule is CCCC1CNC(CC(C)C)CN1CCCOCCOC. The van der Waals surface area contributed by atoms with E-state index in [4.69, 9.17) is 9.47 Å². The zero-order valence-corrected chi connectivity index (χ0v) is 14.6. The summed E-state index contributed by atoms with van der Waals surface area (Å²) in [6.45, 7) is 12.7. The van der Waals surface area contributed by atoms with Crippen LogP contribution < -0.4 is 5.32 Å². The Balaban J connectivity index is 2.29. The molecule has 1 rings (SSSR count). The van der Waals surface area contributed by atoms with Gasteiger partial charge >= 0.3 is 0 Å². The van der Waals surface area contributed by atoms with E-state index in [0.29, 0.717) is 25.3 Å². The third-order valence-corrected chi connectivity index (χ3v) is 4.16. The topological polar surface area (TPSA) is 33.7 Å². The molecule has 1 heterocycles. The van der Waals surface area contributed by atoms with Gasteiger partial charge in [0, 0.05) is 45.4 Å². The smallest absolute Gasteiger partial charge is 0.0700 e. The number of piperazine rings is 1. The summed E-state index contributed by atoms with van der Waals surface area (Å²) >= 11 is 0. The van der Waals surface area contributed by atoms with E-state index in [2.05, 4.69) is 31.0 Å². The molecule has 0 aliphatic carbocycles. The van der Waals surface area contributed by atoms with Crippen LogP contribution in [0.5, 0.6) is 0 Å². The second kappa shape index (κ2) is 11.4. The van der Waals surface area contributed by atoms with Crippen molar-refractivity contribution in [2.45, 2.75) is 58.5 Å². The number of nitrogens with one attached hydrogen (secondary N) is 1. The van der Waals surface area contributed by atoms with Crippen LogP contribution in [0.1, 0.15) is 46.5 Å². The summed E-state index contributed by atoms with van der Waals surface area (Å²) in [6.07, 6.45) is 4.96. The number of ether oxygens (including phenoxy) is 2. The molecule has 4 nitrogen and oxygen atoms in total. The Morgan fingerprint density at radius 1 is 1.24 bits per heavy atom. The lowest BCUT2D eigenvalue weighted by Crippen LogP contribution is -2.56. The fraction of sp³-hybridized carbons (Fsp3) is 1.00. The Bertz CT molecular complexity index is 249. The van der Waals surface area contributed by atoms with Crippen molar-refractivity contribution in [3.8, 4) is 0 Å². The maximum absolute atomic E-state index is 5.58. The second-order valence-corrected chi connectivity index (χ2v) is 6.63. The molecule has 0 spiro atoms. The summed E-state index contributed by atoms with van der Waals surface area (Å²) in [6, 6.07) is 1.37. The van der Waals surface area contributed by atoms with Crippen molar-refractivity contribution in [1.29, 1.82) is 0 Å². The van der Waals surface area contributed by atoms with E-state index in [1.165, 1.54) is 25.8 Å². The highest BCUT2D eigenvalue weighted by atomic mass is 16.5. The molecular weight excluding hydrogens is 264 g/mol. The molecule has 21 heavy (non-hydrogen) atoms. The quantitative estimate of drug-likeness (QED) is 0.595. The lowest BCUT2D eigenvalue weighted by Gasteiger charge is -2.41. The lowest BCUT2D eigenvalue weighted by molar-refractivity contribution is 0.0558. The molecule has 1 fully saturated rings. The van der Waals surface area contributed by atoms with E-state index in [9.17, 15) is 0 Å². The summed E-state index contributed by atoms with van der Waals surface area (Å²) < 4.78 is 10.6. The maximum Gasteiger partial charge on any atom is 0.0700 e. The highest BCUT2D eigenvalue weighted by molar-refractivity contribution is 4.86. The van der Waals surface area contributed by atoms with Gasteiger partial charge in [0.05, 0.1) is 13.2 Å². The second-order valence-electron chi connectivity index (χ2n) is 6.63. The van der Waals surface area contributed by atoms with Crippen molar-refractivity contribution in [3.05, 3.63) is 0 Å². The molecule has 0 aromatic heterocycles. The zero-order chi connectivity index (χ0) is 15.5. The largest absolute Gasteiger partial charge is 0.382 e. The average molecular weight is 300 g/mol. The molecule has 1 aliphatic rings. The molecule has 0 saturated carbocycles. The van der Waals surface area contributed by atoms with Gasteiger partial charge in [0.15, 0.2) is 0 Å². The van der Waals surface area contributed by atoms with Crippen molar-refractivity contribution in [1.82, 2.24) is 10.2 Å². The van der Waals surface area contributed by atoms with E-state index < -0.39 is 0 Å². The van der Waals surface area contributed by atoms with E-state index >= 15 is 0 Å². The Kier molecular flexibility index (Phi) is 10.3. The van der Waals surface area contributed by atoms with Crippen LogP contribution in [-0.4, -0.2) is 63.5 Å². The summed E-state index contributed by atoms with van der Waals surface area (Å²) in [4.78, 5) is 2.69. The minimum Gasteiger partial charge on any atom is -0.382 e. The Hall–Kier alpha value is -0.160. The number of nitrogens with zero attached hydrogens (tertiary/aromatic N) is 1. The Labute approximate surface area is 131 Å². The normalized spacial score (nSPS) is 23.9. The van der Waals surface area contributed by atoms with Crippen molar-refractivity contribution in [2.24, 2.45) is 5.92 Å². The first-order valence-electron chi connectivity index (χ1n) is 8.71. The molecule has 0 aromatic carbocycles. The first-order chi connectivity index (χ1) is 10.2. The zero-order valence-electron chi connectivity index (χ0n) is 14.6. The van der Waals surface area contributed by atoms with Gasteiger partial charge in [-0.1, -0.05) is 27.2 Å². The molecule has 2 atom stereocenters. The monoisotopic (exact) mass is 300 g/mol. The molecule has 0 radical (unpaired) electrons. The van der Waals surface area contributed by atoms with Gasteiger partial charge < -0.3 is 14.8 Å². The third-order valence-electron chi connectivity index (χ3n) is 4.16. The van der Waals surface area contributed by atoms with Gasteiger partial charge in [-0.25, -0.2) is 0 Å². The molecule has 0 bridgehead atoms. The van der Waals surface area contributed by atoms with Crippen LogP contribution in [0.15, 0.2) is 0 Å². The summed E-state index contributed by atoms with van der Waals surface area (Å²) in [5.74, 6) is 0.768. The van der Waals surface area contributed by atoms with Crippen LogP contribution in [0.4, 0.5) is 0 Å². The fourth-order valence-electron chi connectivity index (χ4n) is 3.16. The standard InChI is InChI=1S/C17H36N2O2/c1-5-7-17-13-18-16(12-15(2)3)14-19(17)8-6-9-21-11-10-20-4/h15-18H,5-14H2,1-4H3. The fourth-order valence-corrected chi connectivity index (χ4v) is 3.16. The van der Waals surface area contributed by atoms with Crippen LogP contribution in [0.3, 0.4) is 0 Å². The molecule has 4 heteroatoms. The lowest BCUT2D eigenvalue weighted by atomic mass is 9.98. The van der Waals surface area contributed by atoms with E-state index in [-0.39, 0.29) is 0 Å². The van der Waals surface area contributed by atoms with E-state index in [1.807, 2.05) is 0 Å². The molecule has 1 aliphatic heterocycles. The number of methoxy groups -OCH3 is 1. The van der Waals surface area contributed by atoms with Gasteiger partial charge in [-0.2, -0.15) is 0 Å². The summed E-state index contributed by atoms with van der Waals surface area (Å²) in [7, 11) is 1.72. The van der Waals surface area contributed by atoms with Gasteiger partial charge in [-0.3, -0.25) is 4.90 Å². The predicted octanol–water partition coefficient (Wildman–Crippen LogP) is 2.53. The minimum absolute atomic E-state index is 0.660. The van der Waals surface area contributed by atoms with Crippen LogP contribution in [0.2, 0.25) is 0 Å². The van der Waals surface area contributed by atoms with Crippen molar-refractivity contribution >= 4 is 0 Å². The first kappa shape index (κ1) is 18.9. The molecule has 1 N–H and O–H groups in total. The number of rotatable bonds is 11. The van der Waals surface area contributed by atoms with Crippen molar-refractivity contribution in [2.75, 3.05) is 46.6 Å².